The number of amides is 2. The van der Waals surface area contributed by atoms with Crippen LogP contribution in [-0.4, -0.2) is 42.6 Å². The van der Waals surface area contributed by atoms with Gasteiger partial charge in [0.1, 0.15) is 40.0 Å². The maximum atomic E-state index is 14.9. The minimum Gasteiger partial charge on any atom is -0.497 e. The molecule has 0 atom stereocenters. The van der Waals surface area contributed by atoms with Gasteiger partial charge in [-0.1, -0.05) is 0 Å². The number of halogens is 1. The van der Waals surface area contributed by atoms with Gasteiger partial charge in [-0.15, -0.1) is 0 Å². The Kier molecular flexibility index (Phi) is 10.1. The molecular weight excluding hydrogens is 597 g/mol. The normalized spacial score (nSPS) is 11.4. The minimum absolute atomic E-state index is 0.0322. The Morgan fingerprint density at radius 2 is 1.37 bits per heavy atom. The van der Waals surface area contributed by atoms with E-state index in [2.05, 4.69) is 10.4 Å². The van der Waals surface area contributed by atoms with E-state index in [9.17, 15) is 14.0 Å². The lowest BCUT2D eigenvalue weighted by Crippen LogP contribution is -2.50. The second kappa shape index (κ2) is 13.8. The zero-order valence-electron chi connectivity index (χ0n) is 27.1. The summed E-state index contributed by atoms with van der Waals surface area (Å²) in [6.07, 6.45) is -1.90. The van der Waals surface area contributed by atoms with Crippen LogP contribution >= 0.6 is 0 Å². The van der Waals surface area contributed by atoms with Crippen molar-refractivity contribution in [3.63, 3.8) is 0 Å². The fraction of sp³-hybridized carbons (Fsp3) is 0.324. The summed E-state index contributed by atoms with van der Waals surface area (Å²) < 4.78 is 48.2. The van der Waals surface area contributed by atoms with Gasteiger partial charge in [0.15, 0.2) is 12.4 Å². The average molecular weight is 636 g/mol. The first kappa shape index (κ1) is 33.6. The lowest BCUT2D eigenvalue weighted by atomic mass is 10.1. The third-order valence-corrected chi connectivity index (χ3v) is 6.04. The Bertz CT molecular complexity index is 1590. The zero-order valence-corrected chi connectivity index (χ0v) is 27.1. The molecular formula is C34H38FN3O8. The van der Waals surface area contributed by atoms with E-state index in [1.54, 1.807) is 55.8 Å². The second-order valence-corrected chi connectivity index (χ2v) is 12.1. The van der Waals surface area contributed by atoms with Crippen LogP contribution in [0.1, 0.15) is 47.4 Å². The van der Waals surface area contributed by atoms with Crippen LogP contribution in [-0.2, 0) is 16.1 Å². The third kappa shape index (κ3) is 9.13. The molecule has 0 fully saturated rings. The standard InChI is InChI=1S/C34H38FN3O8/c1-33(2,3)45-31(39)37-38(32(40)46-34(4,5)6)24-17-23(35)18-27(19-24)43-20-28-36-29(21-9-13-25(41-7)14-10-21)30(44-28)22-11-15-26(42-8)16-12-22/h9-19H,20H2,1-8H3,(H,37,39). The van der Waals surface area contributed by atoms with Gasteiger partial charge in [0.05, 0.1) is 19.9 Å². The summed E-state index contributed by atoms with van der Waals surface area (Å²) in [7, 11) is 3.17. The molecule has 0 unspecified atom stereocenters. The highest BCUT2D eigenvalue weighted by Crippen LogP contribution is 2.35. The topological polar surface area (TPSA) is 122 Å². The van der Waals surface area contributed by atoms with Crippen molar-refractivity contribution in [2.75, 3.05) is 19.2 Å². The van der Waals surface area contributed by atoms with Crippen molar-refractivity contribution in [1.82, 2.24) is 10.4 Å². The van der Waals surface area contributed by atoms with Gasteiger partial charge in [-0.25, -0.2) is 24.4 Å². The number of nitrogens with zero attached hydrogens (tertiary/aromatic N) is 2. The highest BCUT2D eigenvalue weighted by atomic mass is 19.1. The van der Waals surface area contributed by atoms with E-state index >= 15 is 0 Å². The van der Waals surface area contributed by atoms with Crippen LogP contribution in [0.25, 0.3) is 22.6 Å². The SMILES string of the molecule is COc1ccc(-c2nc(COc3cc(F)cc(N(NC(=O)OC(C)(C)C)C(=O)OC(C)(C)C)c3)oc2-c2ccc(OC)cc2)cc1. The van der Waals surface area contributed by atoms with Crippen molar-refractivity contribution >= 4 is 17.9 Å². The summed E-state index contributed by atoms with van der Waals surface area (Å²) in [6, 6.07) is 18.2. The smallest absolute Gasteiger partial charge is 0.434 e. The van der Waals surface area contributed by atoms with E-state index in [0.29, 0.717) is 23.0 Å². The molecule has 0 aliphatic heterocycles. The summed E-state index contributed by atoms with van der Waals surface area (Å²) in [5.74, 6) is 1.36. The molecule has 3 aromatic carbocycles. The number of methoxy groups -OCH3 is 2. The van der Waals surface area contributed by atoms with E-state index in [0.717, 1.165) is 28.3 Å². The van der Waals surface area contributed by atoms with Crippen molar-refractivity contribution in [3.05, 3.63) is 78.4 Å². The maximum absolute atomic E-state index is 14.9. The number of nitrogens with one attached hydrogen (secondary N) is 1. The highest BCUT2D eigenvalue weighted by molar-refractivity contribution is 5.91. The quantitative estimate of drug-likeness (QED) is 0.192. The molecule has 0 bridgehead atoms. The van der Waals surface area contributed by atoms with Gasteiger partial charge in [0.2, 0.25) is 5.89 Å². The molecule has 4 aromatic rings. The number of oxazole rings is 1. The van der Waals surface area contributed by atoms with Gasteiger partial charge in [0.25, 0.3) is 0 Å². The number of benzene rings is 3. The number of carbonyl (C=O) groups is 2. The molecule has 46 heavy (non-hydrogen) atoms. The monoisotopic (exact) mass is 635 g/mol. The van der Waals surface area contributed by atoms with Crippen molar-refractivity contribution < 1.29 is 42.1 Å². The molecule has 0 saturated heterocycles. The first-order valence-electron chi connectivity index (χ1n) is 14.4. The fourth-order valence-corrected chi connectivity index (χ4v) is 4.13. The van der Waals surface area contributed by atoms with Crippen molar-refractivity contribution in [3.8, 4) is 39.8 Å². The van der Waals surface area contributed by atoms with Crippen LogP contribution in [0.15, 0.2) is 71.1 Å². The summed E-state index contributed by atoms with van der Waals surface area (Å²) in [4.78, 5) is 30.3. The molecule has 244 valence electrons. The van der Waals surface area contributed by atoms with Gasteiger partial charge in [-0.3, -0.25) is 0 Å². The number of aromatic nitrogens is 1. The second-order valence-electron chi connectivity index (χ2n) is 12.1. The molecule has 1 aromatic heterocycles. The van der Waals surface area contributed by atoms with E-state index in [1.165, 1.54) is 6.07 Å². The molecule has 0 spiro atoms. The van der Waals surface area contributed by atoms with E-state index in [1.807, 2.05) is 48.5 Å². The Labute approximate surface area is 267 Å². The number of hydrogen-bond acceptors (Lipinski definition) is 9. The number of rotatable bonds is 8. The van der Waals surface area contributed by atoms with E-state index in [-0.39, 0.29) is 23.9 Å². The largest absolute Gasteiger partial charge is 0.497 e. The molecule has 12 heteroatoms. The highest BCUT2D eigenvalue weighted by Gasteiger charge is 2.28. The molecule has 0 saturated carbocycles. The van der Waals surface area contributed by atoms with Gasteiger partial charge in [-0.05, 0) is 96.1 Å². The average Bonchev–Trinajstić information content (AvgIpc) is 3.41. The Morgan fingerprint density at radius 1 is 0.804 bits per heavy atom. The van der Waals surface area contributed by atoms with Crippen molar-refractivity contribution in [2.24, 2.45) is 0 Å². The Balaban J connectivity index is 1.64. The van der Waals surface area contributed by atoms with Crippen LogP contribution in [0.3, 0.4) is 0 Å². The number of hydrogen-bond donors (Lipinski definition) is 1. The summed E-state index contributed by atoms with van der Waals surface area (Å²) in [6.45, 7) is 9.80. The molecule has 4 rings (SSSR count). The minimum atomic E-state index is -0.962. The Hall–Kier alpha value is -5.26. The number of ether oxygens (including phenoxy) is 5. The lowest BCUT2D eigenvalue weighted by molar-refractivity contribution is 0.0425. The molecule has 0 aliphatic carbocycles. The summed E-state index contributed by atoms with van der Waals surface area (Å²) in [5, 5.41) is 0.754. The molecule has 0 aliphatic rings. The fourth-order valence-electron chi connectivity index (χ4n) is 4.13. The van der Waals surface area contributed by atoms with Crippen molar-refractivity contribution in [1.29, 1.82) is 0 Å². The Morgan fingerprint density at radius 3 is 1.91 bits per heavy atom. The van der Waals surface area contributed by atoms with E-state index in [4.69, 9.17) is 28.1 Å². The predicted octanol–water partition coefficient (Wildman–Crippen LogP) is 7.93. The predicted molar refractivity (Wildman–Crippen MR) is 169 cm³/mol. The molecule has 0 radical (unpaired) electrons. The number of anilines is 1. The number of hydrazine groups is 1. The first-order chi connectivity index (χ1) is 21.6. The van der Waals surface area contributed by atoms with Gasteiger partial charge >= 0.3 is 12.2 Å². The van der Waals surface area contributed by atoms with Gasteiger partial charge in [-0.2, -0.15) is 5.01 Å². The molecule has 11 nitrogen and oxygen atoms in total. The molecule has 1 N–H and O–H groups in total. The van der Waals surface area contributed by atoms with Gasteiger partial charge < -0.3 is 28.1 Å². The summed E-state index contributed by atoms with van der Waals surface area (Å²) in [5.41, 5.74) is 2.58. The number of carbonyl (C=O) groups excluding carboxylic acids is 2. The first-order valence-corrected chi connectivity index (χ1v) is 14.4. The summed E-state index contributed by atoms with van der Waals surface area (Å²) >= 11 is 0. The molecule has 1 heterocycles. The van der Waals surface area contributed by atoms with Gasteiger partial charge in [0, 0.05) is 23.3 Å². The van der Waals surface area contributed by atoms with Crippen LogP contribution in [0.5, 0.6) is 17.2 Å². The third-order valence-electron chi connectivity index (χ3n) is 6.04. The van der Waals surface area contributed by atoms with Crippen LogP contribution < -0.4 is 24.6 Å². The van der Waals surface area contributed by atoms with Crippen LogP contribution in [0, 0.1) is 5.82 Å². The lowest BCUT2D eigenvalue weighted by Gasteiger charge is -2.29. The molecule has 2 amide bonds. The van der Waals surface area contributed by atoms with E-state index < -0.39 is 29.2 Å². The van der Waals surface area contributed by atoms with Crippen LogP contribution in [0.2, 0.25) is 0 Å². The van der Waals surface area contributed by atoms with Crippen LogP contribution in [0.4, 0.5) is 19.7 Å². The zero-order chi connectivity index (χ0) is 33.6. The maximum Gasteiger partial charge on any atom is 0.434 e. The van der Waals surface area contributed by atoms with Crippen molar-refractivity contribution in [2.45, 2.75) is 59.4 Å².